The quantitative estimate of drug-likeness (QED) is 0.756. The Morgan fingerprint density at radius 1 is 1.27 bits per heavy atom. The van der Waals surface area contributed by atoms with Crippen LogP contribution in [0.25, 0.3) is 0 Å². The molecule has 2 aliphatic rings. The molecule has 1 amide bonds. The molecule has 0 spiro atoms. The number of carboxylic acids is 1. The molecule has 0 heterocycles. The van der Waals surface area contributed by atoms with Gasteiger partial charge in [-0.1, -0.05) is 13.8 Å². The minimum atomic E-state index is -0.845. The van der Waals surface area contributed by atoms with Crippen LogP contribution in [0.15, 0.2) is 0 Å². The molecule has 4 heteroatoms. The Bertz CT molecular complexity index is 320. The summed E-state index contributed by atoms with van der Waals surface area (Å²) >= 11 is 0. The van der Waals surface area contributed by atoms with Crippen LogP contribution in [0.3, 0.4) is 0 Å². The Morgan fingerprint density at radius 3 is 2.13 bits per heavy atom. The Morgan fingerprint density at radius 2 is 1.80 bits per heavy atom. The van der Waals surface area contributed by atoms with Crippen molar-refractivity contribution in [2.24, 2.45) is 17.3 Å². The molecular weight excluding hydrogens is 194 g/mol. The van der Waals surface area contributed by atoms with Crippen LogP contribution in [0.5, 0.6) is 0 Å². The fourth-order valence-electron chi connectivity index (χ4n) is 2.42. The first-order valence-corrected chi connectivity index (χ1v) is 5.37. The van der Waals surface area contributed by atoms with E-state index in [1.165, 1.54) is 0 Å². The zero-order chi connectivity index (χ0) is 11.4. The van der Waals surface area contributed by atoms with E-state index >= 15 is 0 Å². The van der Waals surface area contributed by atoms with Crippen molar-refractivity contribution in [3.63, 3.8) is 0 Å². The summed E-state index contributed by atoms with van der Waals surface area (Å²) in [6.07, 6.45) is 2.13. The van der Waals surface area contributed by atoms with Crippen LogP contribution in [0.4, 0.5) is 0 Å². The maximum Gasteiger partial charge on any atom is 0.307 e. The SMILES string of the molecule is CN(C(=O)[C@H]1[C@@H](C(=O)O)C1(C)C)C1CC1. The number of carboxylic acid groups (broad SMARTS) is 1. The van der Waals surface area contributed by atoms with Crippen LogP contribution >= 0.6 is 0 Å². The lowest BCUT2D eigenvalue weighted by Crippen LogP contribution is -2.31. The number of nitrogens with zero attached hydrogens (tertiary/aromatic N) is 1. The van der Waals surface area contributed by atoms with Crippen molar-refractivity contribution in [3.05, 3.63) is 0 Å². The molecule has 0 aliphatic heterocycles. The summed E-state index contributed by atoms with van der Waals surface area (Å²) in [5.41, 5.74) is -0.369. The van der Waals surface area contributed by atoms with Gasteiger partial charge in [0, 0.05) is 13.1 Å². The predicted octanol–water partition coefficient (Wildman–Crippen LogP) is 0.964. The van der Waals surface area contributed by atoms with Gasteiger partial charge in [0.15, 0.2) is 0 Å². The summed E-state index contributed by atoms with van der Waals surface area (Å²) in [6.45, 7) is 3.71. The van der Waals surface area contributed by atoms with Gasteiger partial charge in [0.2, 0.25) is 5.91 Å². The van der Waals surface area contributed by atoms with E-state index in [0.29, 0.717) is 6.04 Å². The van der Waals surface area contributed by atoms with Gasteiger partial charge in [-0.05, 0) is 18.3 Å². The Hall–Kier alpha value is -1.06. The number of hydrogen-bond acceptors (Lipinski definition) is 2. The molecule has 0 aromatic rings. The topological polar surface area (TPSA) is 57.6 Å². The zero-order valence-electron chi connectivity index (χ0n) is 9.36. The summed E-state index contributed by atoms with van der Waals surface area (Å²) in [7, 11) is 1.79. The third kappa shape index (κ3) is 1.52. The Balaban J connectivity index is 2.06. The standard InChI is InChI=1S/C11H17NO3/c1-11(2)7(8(11)10(14)15)9(13)12(3)6-4-5-6/h6-8H,4-5H2,1-3H3,(H,14,15)/t7-,8+/m1/s1. The minimum Gasteiger partial charge on any atom is -0.481 e. The summed E-state index contributed by atoms with van der Waals surface area (Å²) < 4.78 is 0. The van der Waals surface area contributed by atoms with Crippen LogP contribution in [0.2, 0.25) is 0 Å². The van der Waals surface area contributed by atoms with Crippen molar-refractivity contribution >= 4 is 11.9 Å². The molecular formula is C11H17NO3. The second-order valence-corrected chi connectivity index (χ2v) is 5.30. The van der Waals surface area contributed by atoms with Crippen molar-refractivity contribution in [3.8, 4) is 0 Å². The van der Waals surface area contributed by atoms with Gasteiger partial charge in [-0.2, -0.15) is 0 Å². The van der Waals surface area contributed by atoms with Crippen molar-refractivity contribution < 1.29 is 14.7 Å². The molecule has 2 atom stereocenters. The third-order valence-electron chi connectivity index (χ3n) is 3.80. The fourth-order valence-corrected chi connectivity index (χ4v) is 2.42. The summed E-state index contributed by atoms with van der Waals surface area (Å²) in [6, 6.07) is 0.364. The van der Waals surface area contributed by atoms with Crippen LogP contribution in [-0.4, -0.2) is 35.0 Å². The number of rotatable bonds is 3. The smallest absolute Gasteiger partial charge is 0.307 e. The molecule has 84 valence electrons. The predicted molar refractivity (Wildman–Crippen MR) is 54.2 cm³/mol. The van der Waals surface area contributed by atoms with Gasteiger partial charge in [0.1, 0.15) is 0 Å². The molecule has 2 fully saturated rings. The highest BCUT2D eigenvalue weighted by atomic mass is 16.4. The molecule has 15 heavy (non-hydrogen) atoms. The maximum absolute atomic E-state index is 12.0. The van der Waals surface area contributed by atoms with E-state index in [9.17, 15) is 9.59 Å². The molecule has 0 aromatic heterocycles. The summed E-state index contributed by atoms with van der Waals surface area (Å²) in [4.78, 5) is 24.6. The number of carbonyl (C=O) groups excluding carboxylic acids is 1. The van der Waals surface area contributed by atoms with E-state index in [2.05, 4.69) is 0 Å². The first-order valence-electron chi connectivity index (χ1n) is 5.37. The van der Waals surface area contributed by atoms with Gasteiger partial charge in [-0.15, -0.1) is 0 Å². The molecule has 2 saturated carbocycles. The molecule has 2 rings (SSSR count). The van der Waals surface area contributed by atoms with Gasteiger partial charge in [0.05, 0.1) is 11.8 Å². The highest BCUT2D eigenvalue weighted by molar-refractivity contribution is 5.91. The average molecular weight is 211 g/mol. The molecule has 0 bridgehead atoms. The van der Waals surface area contributed by atoms with E-state index < -0.39 is 11.9 Å². The van der Waals surface area contributed by atoms with Crippen molar-refractivity contribution in [1.82, 2.24) is 4.90 Å². The van der Waals surface area contributed by atoms with Gasteiger partial charge in [-0.3, -0.25) is 9.59 Å². The molecule has 0 saturated heterocycles. The number of aliphatic carboxylic acids is 1. The molecule has 0 radical (unpaired) electrons. The number of amides is 1. The van der Waals surface area contributed by atoms with Gasteiger partial charge in [0.25, 0.3) is 0 Å². The number of carbonyl (C=O) groups is 2. The summed E-state index contributed by atoms with van der Waals surface area (Å²) in [5, 5.41) is 8.97. The first-order chi connectivity index (χ1) is 6.87. The van der Waals surface area contributed by atoms with Crippen LogP contribution < -0.4 is 0 Å². The highest BCUT2D eigenvalue weighted by Gasteiger charge is 2.66. The average Bonchev–Trinajstić information content (AvgIpc) is 2.97. The highest BCUT2D eigenvalue weighted by Crippen LogP contribution is 2.59. The second-order valence-electron chi connectivity index (χ2n) is 5.30. The van der Waals surface area contributed by atoms with Crippen LogP contribution in [0, 0.1) is 17.3 Å². The Kier molecular flexibility index (Phi) is 2.07. The van der Waals surface area contributed by atoms with Gasteiger partial charge in [-0.25, -0.2) is 0 Å². The molecule has 2 aliphatic carbocycles. The minimum absolute atomic E-state index is 0.00917. The lowest BCUT2D eigenvalue weighted by Gasteiger charge is -2.16. The van der Waals surface area contributed by atoms with Gasteiger partial charge < -0.3 is 10.0 Å². The lowest BCUT2D eigenvalue weighted by molar-refractivity contribution is -0.141. The lowest BCUT2D eigenvalue weighted by atomic mass is 10.1. The summed E-state index contributed by atoms with van der Waals surface area (Å²) in [5.74, 6) is -1.65. The van der Waals surface area contributed by atoms with E-state index in [0.717, 1.165) is 12.8 Å². The van der Waals surface area contributed by atoms with E-state index in [1.54, 1.807) is 11.9 Å². The van der Waals surface area contributed by atoms with Crippen molar-refractivity contribution in [2.75, 3.05) is 7.05 Å². The molecule has 0 unspecified atom stereocenters. The van der Waals surface area contributed by atoms with E-state index in [-0.39, 0.29) is 17.2 Å². The first kappa shape index (κ1) is 10.5. The molecule has 1 N–H and O–H groups in total. The fraction of sp³-hybridized carbons (Fsp3) is 0.818. The molecule has 4 nitrogen and oxygen atoms in total. The normalized spacial score (nSPS) is 32.2. The second kappa shape index (κ2) is 2.97. The Labute approximate surface area is 89.3 Å². The van der Waals surface area contributed by atoms with Gasteiger partial charge >= 0.3 is 5.97 Å². The number of hydrogen-bond donors (Lipinski definition) is 1. The monoisotopic (exact) mass is 211 g/mol. The largest absolute Gasteiger partial charge is 0.481 e. The van der Waals surface area contributed by atoms with Crippen LogP contribution in [0.1, 0.15) is 26.7 Å². The maximum atomic E-state index is 12.0. The van der Waals surface area contributed by atoms with E-state index in [1.807, 2.05) is 13.8 Å². The van der Waals surface area contributed by atoms with Crippen LogP contribution in [-0.2, 0) is 9.59 Å². The zero-order valence-corrected chi connectivity index (χ0v) is 9.36. The van der Waals surface area contributed by atoms with Crippen molar-refractivity contribution in [2.45, 2.75) is 32.7 Å². The van der Waals surface area contributed by atoms with Crippen molar-refractivity contribution in [1.29, 1.82) is 0 Å². The third-order valence-corrected chi connectivity index (χ3v) is 3.80. The molecule has 0 aromatic carbocycles. The van der Waals surface area contributed by atoms with E-state index in [4.69, 9.17) is 5.11 Å².